The molecule has 0 saturated carbocycles. The van der Waals surface area contributed by atoms with Crippen molar-refractivity contribution in [3.8, 4) is 0 Å². The van der Waals surface area contributed by atoms with Gasteiger partial charge in [0.25, 0.3) is 0 Å². The number of carbonyl (C=O) groups excluding carboxylic acids is 1. The van der Waals surface area contributed by atoms with Crippen LogP contribution in [0.25, 0.3) is 0 Å². The Morgan fingerprint density at radius 3 is 1.58 bits per heavy atom. The van der Waals surface area contributed by atoms with Gasteiger partial charge in [-0.3, -0.25) is 11.8 Å². The second kappa shape index (κ2) is 12.1. The topological polar surface area (TPSA) is 75.7 Å². The average molecular weight is 636 g/mol. The van der Waals surface area contributed by atoms with Crippen LogP contribution in [-0.2, 0) is 31.4 Å². The summed E-state index contributed by atoms with van der Waals surface area (Å²) in [6.07, 6.45) is 0.936. The molecule has 0 rings (SSSR count). The molecule has 0 aliphatic heterocycles. The molecule has 0 aliphatic carbocycles. The fourth-order valence-corrected chi connectivity index (χ4v) is 5.48. The Morgan fingerprint density at radius 2 is 1.21 bits per heavy atom. The molecule has 8 nitrogen and oxygen atoms in total. The molecule has 0 saturated heterocycles. The molecule has 0 atom stereocenters. The van der Waals surface area contributed by atoms with Gasteiger partial charge in [0.1, 0.15) is 0 Å². The van der Waals surface area contributed by atoms with E-state index in [9.17, 15) is 4.79 Å². The van der Waals surface area contributed by atoms with Crippen LogP contribution in [0.4, 0.5) is 0 Å². The summed E-state index contributed by atoms with van der Waals surface area (Å²) in [6, 6.07) is 1.02. The van der Waals surface area contributed by atoms with Gasteiger partial charge < -0.3 is 31.5 Å². The molecule has 0 N–H and O–H groups in total. The van der Waals surface area contributed by atoms with Crippen LogP contribution in [0.3, 0.4) is 0 Å². The molecule has 0 aromatic carbocycles. The van der Waals surface area contributed by atoms with Crippen molar-refractivity contribution in [2.75, 3.05) is 49.2 Å². The summed E-state index contributed by atoms with van der Waals surface area (Å²) in [5.41, 5.74) is 0. The van der Waals surface area contributed by atoms with Crippen molar-refractivity contribution in [1.29, 1.82) is 0 Å². The van der Waals surface area contributed by atoms with Crippen LogP contribution in [0, 0.1) is 7.05 Å². The minimum atomic E-state index is -2.73. The van der Waals surface area contributed by atoms with E-state index in [1.807, 2.05) is 0 Å². The Bertz CT molecular complexity index is 328. The van der Waals surface area contributed by atoms with Gasteiger partial charge in [0.05, 0.1) is 0 Å². The number of rotatable bonds is 13. The molecule has 0 aliphatic rings. The predicted octanol–water partition coefficient (Wildman–Crippen LogP) is 1.14. The van der Waals surface area contributed by atoms with E-state index in [2.05, 4.69) is 7.05 Å². The van der Waals surface area contributed by atoms with Crippen molar-refractivity contribution in [2.45, 2.75) is 24.9 Å². The van der Waals surface area contributed by atoms with E-state index < -0.39 is 17.6 Å². The normalized spacial score (nSPS) is 12.0. The van der Waals surface area contributed by atoms with E-state index in [1.165, 1.54) is 26.2 Å². The number of amides is 1. The van der Waals surface area contributed by atoms with Crippen LogP contribution < -0.4 is 0 Å². The molecule has 1 amide bonds. The molecule has 0 heterocycles. The summed E-state index contributed by atoms with van der Waals surface area (Å²) in [4.78, 5) is 13.6. The van der Waals surface area contributed by atoms with Crippen molar-refractivity contribution >= 4 is 23.5 Å². The number of carbonyl (C=O) groups is 1. The zero-order valence-electron chi connectivity index (χ0n) is 15.8. The predicted molar refractivity (Wildman–Crippen MR) is 89.5 cm³/mol. The molecule has 11 heteroatoms. The quantitative estimate of drug-likeness (QED) is 0.222. The zero-order valence-corrected chi connectivity index (χ0v) is 24.2. The second-order valence-corrected chi connectivity index (χ2v) is 11.0. The van der Waals surface area contributed by atoms with Gasteiger partial charge in [-0.15, -0.1) is 0 Å². The van der Waals surface area contributed by atoms with E-state index in [1.54, 1.807) is 21.3 Å². The minimum absolute atomic E-state index is 0. The Morgan fingerprint density at radius 1 is 0.833 bits per heavy atom. The van der Waals surface area contributed by atoms with Gasteiger partial charge in [0, 0.05) is 61.2 Å². The molecule has 0 radical (unpaired) electrons. The first-order chi connectivity index (χ1) is 10.9. The standard InChI is InChI=1S/C13H30NO7Si2.Rf/c1-14(10-8-11-22(16-2,17-3)18-4)13(15)9-12-23(19-5,20-6)21-7;/h1,8-12H2,2-7H3;/q-1;. The van der Waals surface area contributed by atoms with Crippen LogP contribution in [0.2, 0.25) is 12.1 Å². The molecule has 0 aromatic rings. The second-order valence-electron chi connectivity index (χ2n) is 4.85. The monoisotopic (exact) mass is 635 g/mol. The third kappa shape index (κ3) is 7.05. The van der Waals surface area contributed by atoms with Crippen molar-refractivity contribution in [3.05, 3.63) is 7.05 Å². The molecular weight excluding hydrogens is 605 g/mol. The van der Waals surface area contributed by atoms with E-state index in [4.69, 9.17) is 26.6 Å². The third-order valence-electron chi connectivity index (χ3n) is 3.77. The first-order valence-electron chi connectivity index (χ1n) is 7.30. The van der Waals surface area contributed by atoms with Crippen LogP contribution in [0.5, 0.6) is 0 Å². The van der Waals surface area contributed by atoms with Gasteiger partial charge in [0.15, 0.2) is 5.91 Å². The minimum Gasteiger partial charge on any atom is -0.496 e. The van der Waals surface area contributed by atoms with E-state index in [0.29, 0.717) is 25.1 Å². The van der Waals surface area contributed by atoms with Crippen LogP contribution >= 0.6 is 0 Å². The van der Waals surface area contributed by atoms with Gasteiger partial charge in [0.2, 0.25) is 0 Å². The van der Waals surface area contributed by atoms with Gasteiger partial charge in [-0.1, -0.05) is 0 Å². The maximum absolute atomic E-state index is 12.1. The Hall–Kier alpha value is -1.34. The first kappa shape index (κ1) is 24.9. The zero-order chi connectivity index (χ0) is 17.9. The molecule has 0 unspecified atom stereocenters. The number of hydrogen-bond acceptors (Lipinski definition) is 7. The molecular formula is C13H30NO7RfSi2-. The van der Waals surface area contributed by atoms with Crippen molar-refractivity contribution in [2.24, 2.45) is 0 Å². The molecule has 24 heavy (non-hydrogen) atoms. The SMILES string of the molecule is [CH2-]N(CCC[Si](OC)(OC)OC)C(=O)CC[Si](OC)(OC)OC.[Rf]. The number of nitrogens with zero attached hydrogens (tertiary/aromatic N) is 1. The van der Waals surface area contributed by atoms with E-state index >= 15 is 0 Å². The molecule has 140 valence electrons. The van der Waals surface area contributed by atoms with Gasteiger partial charge in [-0.05, 0) is 13.0 Å². The Kier molecular flexibility index (Phi) is 12.5. The molecule has 0 fully saturated rings. The van der Waals surface area contributed by atoms with Crippen LogP contribution in [-0.4, -0.2) is 77.6 Å². The first-order valence-corrected chi connectivity index (χ1v) is 11.2. The van der Waals surface area contributed by atoms with Crippen molar-refractivity contribution in [1.82, 2.24) is 4.90 Å². The van der Waals surface area contributed by atoms with E-state index in [0.717, 1.165) is 0 Å². The maximum Gasteiger partial charge on any atom is 0.500 e. The smallest absolute Gasteiger partial charge is 0.496 e. The summed E-state index contributed by atoms with van der Waals surface area (Å²) in [5, 5.41) is 0. The Labute approximate surface area is 141 Å². The fraction of sp³-hybridized carbons (Fsp3) is 0.846. The van der Waals surface area contributed by atoms with Gasteiger partial charge >= 0.3 is 17.6 Å². The van der Waals surface area contributed by atoms with Gasteiger partial charge in [-0.2, -0.15) is 0 Å². The average Bonchev–Trinajstić information content (AvgIpc) is 2.60. The largest absolute Gasteiger partial charge is 0.500 e. The summed E-state index contributed by atoms with van der Waals surface area (Å²) in [6.45, 7) is 0.491. The summed E-state index contributed by atoms with van der Waals surface area (Å²) in [7, 11) is 7.72. The van der Waals surface area contributed by atoms with E-state index in [-0.39, 0.29) is 12.3 Å². The summed E-state index contributed by atoms with van der Waals surface area (Å²) in [5.74, 6) is -0.0902. The van der Waals surface area contributed by atoms with Crippen molar-refractivity contribution in [3.63, 3.8) is 0 Å². The summed E-state index contributed by atoms with van der Waals surface area (Å²) >= 11 is 0. The van der Waals surface area contributed by atoms with Crippen molar-refractivity contribution < 1.29 is 31.4 Å². The maximum atomic E-state index is 12.1. The molecule has 0 bridgehead atoms. The summed E-state index contributed by atoms with van der Waals surface area (Å²) < 4.78 is 31.9. The Balaban J connectivity index is 0. The fourth-order valence-electron chi connectivity index (χ4n) is 2.14. The van der Waals surface area contributed by atoms with Crippen LogP contribution in [0.15, 0.2) is 0 Å². The molecule has 0 aromatic heterocycles. The van der Waals surface area contributed by atoms with Crippen LogP contribution in [0.1, 0.15) is 12.8 Å². The molecule has 0 spiro atoms. The third-order valence-corrected chi connectivity index (χ3v) is 9.34. The number of hydrogen-bond donors (Lipinski definition) is 0. The van der Waals surface area contributed by atoms with Gasteiger partial charge in [-0.25, -0.2) is 0 Å².